The first-order valence-corrected chi connectivity index (χ1v) is 8.98. The van der Waals surface area contributed by atoms with E-state index in [1.165, 1.54) is 0 Å². The van der Waals surface area contributed by atoms with Gasteiger partial charge in [0, 0.05) is 21.6 Å². The summed E-state index contributed by atoms with van der Waals surface area (Å²) in [5, 5.41) is 8.91. The maximum absolute atomic E-state index is 12.2. The fourth-order valence-corrected chi connectivity index (χ4v) is 3.14. The largest absolute Gasteiger partial charge is 0.347 e. The van der Waals surface area contributed by atoms with Gasteiger partial charge in [0.05, 0.1) is 6.54 Å². The topological polar surface area (TPSA) is 68.0 Å². The molecule has 4 aromatic rings. The lowest BCUT2D eigenvalue weighted by Gasteiger charge is -2.04. The van der Waals surface area contributed by atoms with Crippen LogP contribution in [0.2, 0.25) is 0 Å². The standard InChI is InChI=1S/C20H15N3O2S/c24-19(21-13-17-7-4-12-26-17)15-8-10-16(11-9-15)20-22-18(23-25-20)14-5-2-1-3-6-14/h1-12H,13H2,(H,21,24). The van der Waals surface area contributed by atoms with Gasteiger partial charge >= 0.3 is 0 Å². The molecule has 0 saturated carbocycles. The van der Waals surface area contributed by atoms with Gasteiger partial charge < -0.3 is 9.84 Å². The number of benzene rings is 2. The number of carbonyl (C=O) groups excluding carboxylic acids is 1. The molecular formula is C20H15N3O2S. The van der Waals surface area contributed by atoms with Gasteiger partial charge in [-0.05, 0) is 35.7 Å². The molecule has 128 valence electrons. The summed E-state index contributed by atoms with van der Waals surface area (Å²) in [5.41, 5.74) is 2.26. The lowest BCUT2D eigenvalue weighted by atomic mass is 10.1. The van der Waals surface area contributed by atoms with Crippen LogP contribution in [0.25, 0.3) is 22.8 Å². The Labute approximate surface area is 154 Å². The smallest absolute Gasteiger partial charge is 0.258 e. The first-order chi connectivity index (χ1) is 12.8. The van der Waals surface area contributed by atoms with Crippen LogP contribution in [0.15, 0.2) is 76.6 Å². The van der Waals surface area contributed by atoms with Crippen LogP contribution in [0.1, 0.15) is 15.2 Å². The minimum absolute atomic E-state index is 0.111. The zero-order chi connectivity index (χ0) is 17.8. The van der Waals surface area contributed by atoms with E-state index in [2.05, 4.69) is 15.5 Å². The van der Waals surface area contributed by atoms with Gasteiger partial charge in [0.2, 0.25) is 5.82 Å². The van der Waals surface area contributed by atoms with Gasteiger partial charge in [0.1, 0.15) is 0 Å². The zero-order valence-corrected chi connectivity index (χ0v) is 14.6. The van der Waals surface area contributed by atoms with Gasteiger partial charge in [-0.15, -0.1) is 11.3 Å². The molecule has 2 aromatic heterocycles. The lowest BCUT2D eigenvalue weighted by Crippen LogP contribution is -2.22. The van der Waals surface area contributed by atoms with E-state index < -0.39 is 0 Å². The van der Waals surface area contributed by atoms with Gasteiger partial charge in [-0.3, -0.25) is 4.79 Å². The summed E-state index contributed by atoms with van der Waals surface area (Å²) in [7, 11) is 0. The summed E-state index contributed by atoms with van der Waals surface area (Å²) in [5.74, 6) is 0.855. The molecule has 0 unspecified atom stereocenters. The Morgan fingerprint density at radius 1 is 0.962 bits per heavy atom. The molecule has 1 N–H and O–H groups in total. The highest BCUT2D eigenvalue weighted by Crippen LogP contribution is 2.22. The number of amides is 1. The Morgan fingerprint density at radius 2 is 1.77 bits per heavy atom. The molecular weight excluding hydrogens is 346 g/mol. The van der Waals surface area contributed by atoms with E-state index in [4.69, 9.17) is 4.52 Å². The molecule has 4 rings (SSSR count). The maximum Gasteiger partial charge on any atom is 0.258 e. The van der Waals surface area contributed by atoms with Crippen LogP contribution in [0.5, 0.6) is 0 Å². The average molecular weight is 361 g/mol. The van der Waals surface area contributed by atoms with E-state index >= 15 is 0 Å². The Morgan fingerprint density at radius 3 is 2.50 bits per heavy atom. The lowest BCUT2D eigenvalue weighted by molar-refractivity contribution is 0.0951. The monoisotopic (exact) mass is 361 g/mol. The second kappa shape index (κ2) is 7.33. The van der Waals surface area contributed by atoms with Crippen LogP contribution in [0.3, 0.4) is 0 Å². The summed E-state index contributed by atoms with van der Waals surface area (Å²) in [4.78, 5) is 17.8. The van der Waals surface area contributed by atoms with E-state index in [1.54, 1.807) is 23.5 Å². The number of nitrogens with zero attached hydrogens (tertiary/aromatic N) is 2. The van der Waals surface area contributed by atoms with Gasteiger partial charge in [-0.2, -0.15) is 4.98 Å². The Balaban J connectivity index is 1.46. The van der Waals surface area contributed by atoms with Crippen molar-refractivity contribution in [1.82, 2.24) is 15.5 Å². The summed E-state index contributed by atoms with van der Waals surface area (Å²) in [6.45, 7) is 0.530. The number of hydrogen-bond acceptors (Lipinski definition) is 5. The van der Waals surface area contributed by atoms with E-state index in [-0.39, 0.29) is 5.91 Å². The first-order valence-electron chi connectivity index (χ1n) is 8.10. The molecule has 6 heteroatoms. The van der Waals surface area contributed by atoms with Gasteiger partial charge in [0.15, 0.2) is 0 Å². The number of nitrogens with one attached hydrogen (secondary N) is 1. The second-order valence-electron chi connectivity index (χ2n) is 5.63. The highest BCUT2D eigenvalue weighted by atomic mass is 32.1. The number of aromatic nitrogens is 2. The van der Waals surface area contributed by atoms with Crippen molar-refractivity contribution >= 4 is 17.2 Å². The molecule has 26 heavy (non-hydrogen) atoms. The minimum Gasteiger partial charge on any atom is -0.347 e. The third-order valence-corrected chi connectivity index (χ3v) is 4.73. The molecule has 2 heterocycles. The summed E-state index contributed by atoms with van der Waals surface area (Å²) < 4.78 is 5.34. The SMILES string of the molecule is O=C(NCc1cccs1)c1ccc(-c2nc(-c3ccccc3)no2)cc1. The van der Waals surface area contributed by atoms with Crippen molar-refractivity contribution < 1.29 is 9.32 Å². The maximum atomic E-state index is 12.2. The molecule has 0 saturated heterocycles. The molecule has 0 radical (unpaired) electrons. The van der Waals surface area contributed by atoms with Crippen LogP contribution in [-0.2, 0) is 6.54 Å². The van der Waals surface area contributed by atoms with Crippen molar-refractivity contribution in [3.05, 3.63) is 82.6 Å². The van der Waals surface area contributed by atoms with E-state index in [1.807, 2.05) is 60.0 Å². The molecule has 0 aliphatic rings. The number of hydrogen-bond donors (Lipinski definition) is 1. The van der Waals surface area contributed by atoms with Crippen molar-refractivity contribution in [3.63, 3.8) is 0 Å². The van der Waals surface area contributed by atoms with Gasteiger partial charge in [0.25, 0.3) is 11.8 Å². The Kier molecular flexibility index (Phi) is 4.57. The number of carbonyl (C=O) groups is 1. The Bertz CT molecular complexity index is 993. The molecule has 2 aromatic carbocycles. The molecule has 0 aliphatic carbocycles. The molecule has 0 atom stereocenters. The quantitative estimate of drug-likeness (QED) is 0.572. The second-order valence-corrected chi connectivity index (χ2v) is 6.66. The Hall–Kier alpha value is -3.25. The zero-order valence-electron chi connectivity index (χ0n) is 13.8. The van der Waals surface area contributed by atoms with E-state index in [0.29, 0.717) is 23.8 Å². The highest BCUT2D eigenvalue weighted by molar-refractivity contribution is 7.09. The van der Waals surface area contributed by atoms with Crippen molar-refractivity contribution in [1.29, 1.82) is 0 Å². The fraction of sp³-hybridized carbons (Fsp3) is 0.0500. The molecule has 0 fully saturated rings. The first kappa shape index (κ1) is 16.2. The molecule has 1 amide bonds. The molecule has 0 spiro atoms. The van der Waals surface area contributed by atoms with Crippen LogP contribution in [-0.4, -0.2) is 16.0 Å². The van der Waals surface area contributed by atoms with Crippen LogP contribution in [0.4, 0.5) is 0 Å². The fourth-order valence-electron chi connectivity index (χ4n) is 2.49. The highest BCUT2D eigenvalue weighted by Gasteiger charge is 2.12. The van der Waals surface area contributed by atoms with Crippen LogP contribution < -0.4 is 5.32 Å². The third-order valence-electron chi connectivity index (χ3n) is 3.86. The summed E-state index contributed by atoms with van der Waals surface area (Å²) >= 11 is 1.62. The van der Waals surface area contributed by atoms with Gasteiger partial charge in [-0.1, -0.05) is 41.6 Å². The van der Waals surface area contributed by atoms with Crippen molar-refractivity contribution in [2.75, 3.05) is 0 Å². The van der Waals surface area contributed by atoms with Crippen LogP contribution >= 0.6 is 11.3 Å². The summed E-state index contributed by atoms with van der Waals surface area (Å²) in [6.07, 6.45) is 0. The third kappa shape index (κ3) is 3.55. The predicted molar refractivity (Wildman–Crippen MR) is 101 cm³/mol. The predicted octanol–water partition coefficient (Wildman–Crippen LogP) is 4.40. The van der Waals surface area contributed by atoms with Gasteiger partial charge in [-0.25, -0.2) is 0 Å². The normalized spacial score (nSPS) is 10.6. The number of rotatable bonds is 5. The van der Waals surface area contributed by atoms with E-state index in [0.717, 1.165) is 16.0 Å². The molecule has 0 aliphatic heterocycles. The van der Waals surface area contributed by atoms with Crippen molar-refractivity contribution in [2.24, 2.45) is 0 Å². The summed E-state index contributed by atoms with van der Waals surface area (Å²) in [6, 6.07) is 20.7. The van der Waals surface area contributed by atoms with Crippen molar-refractivity contribution in [2.45, 2.75) is 6.54 Å². The minimum atomic E-state index is -0.111. The van der Waals surface area contributed by atoms with E-state index in [9.17, 15) is 4.79 Å². The molecule has 0 bridgehead atoms. The number of thiophene rings is 1. The molecule has 5 nitrogen and oxygen atoms in total. The van der Waals surface area contributed by atoms with Crippen LogP contribution in [0, 0.1) is 0 Å². The average Bonchev–Trinajstić information content (AvgIpc) is 3.39. The van der Waals surface area contributed by atoms with Crippen molar-refractivity contribution in [3.8, 4) is 22.8 Å².